The molecule has 3 heteroatoms. The van der Waals surface area contributed by atoms with Gasteiger partial charge in [-0.1, -0.05) is 18.2 Å². The third kappa shape index (κ3) is 2.42. The first-order valence-electron chi connectivity index (χ1n) is 4.44. The molecule has 1 aromatic rings. The summed E-state index contributed by atoms with van der Waals surface area (Å²) >= 11 is 0. The first-order chi connectivity index (χ1) is 6.50. The largest absolute Gasteiger partial charge is 0.365 e. The van der Waals surface area contributed by atoms with E-state index in [9.17, 15) is 4.79 Å². The van der Waals surface area contributed by atoms with E-state index < -0.39 is 5.91 Å². The zero-order valence-electron chi connectivity index (χ0n) is 8.42. The summed E-state index contributed by atoms with van der Waals surface area (Å²) in [6.45, 7) is 4.03. The Hall–Kier alpha value is -1.64. The molecule has 1 rings (SSSR count). The molecule has 0 heterocycles. The number of rotatable bonds is 3. The van der Waals surface area contributed by atoms with Gasteiger partial charge in [0, 0.05) is 6.42 Å². The van der Waals surface area contributed by atoms with Crippen molar-refractivity contribution in [3.05, 3.63) is 34.9 Å². The summed E-state index contributed by atoms with van der Waals surface area (Å²) in [7, 11) is 0. The Balaban J connectivity index is 2.83. The van der Waals surface area contributed by atoms with E-state index in [1.807, 2.05) is 32.0 Å². The van der Waals surface area contributed by atoms with E-state index in [0.717, 1.165) is 5.56 Å². The van der Waals surface area contributed by atoms with Crippen LogP contribution in [0.2, 0.25) is 0 Å². The molecule has 3 nitrogen and oxygen atoms in total. The normalized spacial score (nSPS) is 9.86. The molecule has 1 amide bonds. The summed E-state index contributed by atoms with van der Waals surface area (Å²) < 4.78 is 0. The molecule has 0 aromatic heterocycles. The number of amides is 1. The fraction of sp³-hybridized carbons (Fsp3) is 0.273. The van der Waals surface area contributed by atoms with Gasteiger partial charge in [0.15, 0.2) is 0 Å². The Morgan fingerprint density at radius 3 is 2.50 bits per heavy atom. The number of nitrogens with two attached hydrogens (primary N) is 1. The maximum Gasteiger partial charge on any atom is 0.262 e. The van der Waals surface area contributed by atoms with Crippen molar-refractivity contribution < 1.29 is 4.79 Å². The van der Waals surface area contributed by atoms with Gasteiger partial charge >= 0.3 is 0 Å². The van der Waals surface area contributed by atoms with Crippen LogP contribution in [0.25, 0.3) is 0 Å². The van der Waals surface area contributed by atoms with Crippen LogP contribution in [0.1, 0.15) is 16.7 Å². The molecule has 0 spiro atoms. The number of carbonyl (C=O) groups excluding carboxylic acids is 1. The first kappa shape index (κ1) is 10.4. The molecule has 0 unspecified atom stereocenters. The predicted octanol–water partition coefficient (Wildman–Crippen LogP) is 1.35. The summed E-state index contributed by atoms with van der Waals surface area (Å²) in [5.74, 6) is -0.650. The monoisotopic (exact) mass is 190 g/mol. The molecule has 0 aliphatic rings. The zero-order chi connectivity index (χ0) is 10.7. The van der Waals surface area contributed by atoms with Crippen molar-refractivity contribution in [1.82, 2.24) is 0 Å². The topological polar surface area (TPSA) is 66.9 Å². The van der Waals surface area contributed by atoms with Crippen LogP contribution in [-0.2, 0) is 11.2 Å². The third-order valence-electron chi connectivity index (χ3n) is 2.25. The highest BCUT2D eigenvalue weighted by atomic mass is 16.1. The van der Waals surface area contributed by atoms with Crippen LogP contribution in [0.3, 0.4) is 0 Å². The minimum atomic E-state index is -0.650. The molecule has 0 bridgehead atoms. The number of hydrogen-bond acceptors (Lipinski definition) is 2. The van der Waals surface area contributed by atoms with Crippen molar-refractivity contribution in [2.24, 2.45) is 5.73 Å². The van der Waals surface area contributed by atoms with Crippen molar-refractivity contribution in [2.45, 2.75) is 20.3 Å². The standard InChI is InChI=1S/C11H14N2O/c1-7-3-4-9(5-8(7)2)6-10(12)11(13)14/h3-5,12H,6H2,1-2H3,(H2,13,14). The van der Waals surface area contributed by atoms with E-state index in [1.165, 1.54) is 11.1 Å². The molecule has 0 fully saturated rings. The van der Waals surface area contributed by atoms with Crippen LogP contribution >= 0.6 is 0 Å². The molecular formula is C11H14N2O. The van der Waals surface area contributed by atoms with Crippen molar-refractivity contribution in [3.8, 4) is 0 Å². The van der Waals surface area contributed by atoms with Gasteiger partial charge in [-0.3, -0.25) is 10.2 Å². The Bertz CT molecular complexity index is 383. The fourth-order valence-corrected chi connectivity index (χ4v) is 1.20. The SMILES string of the molecule is Cc1ccc(CC(=N)C(N)=O)cc1C. The average Bonchev–Trinajstić information content (AvgIpc) is 2.11. The van der Waals surface area contributed by atoms with Crippen molar-refractivity contribution in [3.63, 3.8) is 0 Å². The van der Waals surface area contributed by atoms with Gasteiger partial charge in [0.05, 0.1) is 0 Å². The average molecular weight is 190 g/mol. The Morgan fingerprint density at radius 1 is 1.36 bits per heavy atom. The van der Waals surface area contributed by atoms with Gasteiger partial charge in [-0.15, -0.1) is 0 Å². The molecule has 1 aromatic carbocycles. The van der Waals surface area contributed by atoms with E-state index in [-0.39, 0.29) is 5.71 Å². The Labute approximate surface area is 83.4 Å². The van der Waals surface area contributed by atoms with E-state index in [4.69, 9.17) is 11.1 Å². The molecule has 0 saturated carbocycles. The lowest BCUT2D eigenvalue weighted by Gasteiger charge is -2.04. The Kier molecular flexibility index (Phi) is 3.02. The van der Waals surface area contributed by atoms with Crippen LogP contribution in [-0.4, -0.2) is 11.6 Å². The van der Waals surface area contributed by atoms with Crippen LogP contribution in [0.5, 0.6) is 0 Å². The number of benzene rings is 1. The zero-order valence-corrected chi connectivity index (χ0v) is 8.42. The lowest BCUT2D eigenvalue weighted by Crippen LogP contribution is -2.24. The van der Waals surface area contributed by atoms with Crippen LogP contribution in [0.4, 0.5) is 0 Å². The van der Waals surface area contributed by atoms with Gasteiger partial charge in [0.1, 0.15) is 5.71 Å². The van der Waals surface area contributed by atoms with Crippen LogP contribution in [0, 0.1) is 19.3 Å². The van der Waals surface area contributed by atoms with Gasteiger partial charge in [-0.25, -0.2) is 0 Å². The number of aryl methyl sites for hydroxylation is 2. The van der Waals surface area contributed by atoms with E-state index in [2.05, 4.69) is 0 Å². The summed E-state index contributed by atoms with van der Waals surface area (Å²) in [5, 5.41) is 7.33. The van der Waals surface area contributed by atoms with Gasteiger partial charge in [-0.05, 0) is 30.5 Å². The fourth-order valence-electron chi connectivity index (χ4n) is 1.20. The maximum atomic E-state index is 10.7. The molecule has 0 saturated heterocycles. The molecule has 0 radical (unpaired) electrons. The van der Waals surface area contributed by atoms with E-state index in [1.54, 1.807) is 0 Å². The molecule has 74 valence electrons. The smallest absolute Gasteiger partial charge is 0.262 e. The molecule has 0 atom stereocenters. The van der Waals surface area contributed by atoms with Crippen molar-refractivity contribution in [1.29, 1.82) is 5.41 Å². The van der Waals surface area contributed by atoms with Gasteiger partial charge in [0.2, 0.25) is 0 Å². The van der Waals surface area contributed by atoms with E-state index in [0.29, 0.717) is 6.42 Å². The maximum absolute atomic E-state index is 10.7. The number of carbonyl (C=O) groups is 1. The lowest BCUT2D eigenvalue weighted by atomic mass is 10.0. The van der Waals surface area contributed by atoms with Gasteiger partial charge in [-0.2, -0.15) is 0 Å². The molecular weight excluding hydrogens is 176 g/mol. The minimum absolute atomic E-state index is 0.0479. The highest BCUT2D eigenvalue weighted by Crippen LogP contribution is 2.10. The minimum Gasteiger partial charge on any atom is -0.365 e. The van der Waals surface area contributed by atoms with Crippen LogP contribution in [0.15, 0.2) is 18.2 Å². The molecule has 3 N–H and O–H groups in total. The summed E-state index contributed by atoms with van der Waals surface area (Å²) in [6.07, 6.45) is 0.316. The summed E-state index contributed by atoms with van der Waals surface area (Å²) in [4.78, 5) is 10.7. The second kappa shape index (κ2) is 4.05. The van der Waals surface area contributed by atoms with Gasteiger partial charge in [0.25, 0.3) is 5.91 Å². The second-order valence-electron chi connectivity index (χ2n) is 3.44. The highest BCUT2D eigenvalue weighted by Gasteiger charge is 2.05. The third-order valence-corrected chi connectivity index (χ3v) is 2.25. The first-order valence-corrected chi connectivity index (χ1v) is 4.44. The van der Waals surface area contributed by atoms with Crippen LogP contribution < -0.4 is 5.73 Å². The van der Waals surface area contributed by atoms with Gasteiger partial charge < -0.3 is 5.73 Å². The second-order valence-corrected chi connectivity index (χ2v) is 3.44. The van der Waals surface area contributed by atoms with Crippen molar-refractivity contribution >= 4 is 11.6 Å². The summed E-state index contributed by atoms with van der Waals surface area (Å²) in [6, 6.07) is 5.88. The van der Waals surface area contributed by atoms with E-state index >= 15 is 0 Å². The number of nitrogens with one attached hydrogen (secondary N) is 1. The lowest BCUT2D eigenvalue weighted by molar-refractivity contribution is -0.112. The highest BCUT2D eigenvalue weighted by molar-refractivity contribution is 6.37. The summed E-state index contributed by atoms with van der Waals surface area (Å²) in [5.41, 5.74) is 8.27. The molecule has 0 aliphatic heterocycles. The molecule has 14 heavy (non-hydrogen) atoms. The molecule has 0 aliphatic carbocycles. The predicted molar refractivity (Wildman–Crippen MR) is 56.5 cm³/mol. The Morgan fingerprint density at radius 2 is 2.00 bits per heavy atom. The number of primary amides is 1. The quantitative estimate of drug-likeness (QED) is 0.694. The van der Waals surface area contributed by atoms with Crippen molar-refractivity contribution in [2.75, 3.05) is 0 Å². The number of hydrogen-bond donors (Lipinski definition) is 2.